The Bertz CT molecular complexity index is 560. The molecule has 0 amide bonds. The minimum absolute atomic E-state index is 0.263. The molecule has 1 aromatic heterocycles. The van der Waals surface area contributed by atoms with Gasteiger partial charge in [-0.15, -0.1) is 0 Å². The lowest BCUT2D eigenvalue weighted by molar-refractivity contribution is -0.393. The molecule has 0 bridgehead atoms. The molecule has 0 saturated heterocycles. The number of nitrogens with one attached hydrogen (secondary N) is 1. The summed E-state index contributed by atoms with van der Waals surface area (Å²) in [6.07, 6.45) is 1.50. The average Bonchev–Trinajstić information content (AvgIpc) is 2.62. The lowest BCUT2D eigenvalue weighted by Crippen LogP contribution is -1.93. The molecule has 76 valence electrons. The van der Waals surface area contributed by atoms with Crippen molar-refractivity contribution in [1.82, 2.24) is 4.98 Å². The van der Waals surface area contributed by atoms with E-state index in [2.05, 4.69) is 4.98 Å². The summed E-state index contributed by atoms with van der Waals surface area (Å²) < 4.78 is 0. The molecule has 2 rings (SSSR count). The first-order chi connectivity index (χ1) is 7.09. The first kappa shape index (κ1) is 9.13. The van der Waals surface area contributed by atoms with Gasteiger partial charge < -0.3 is 4.98 Å². The van der Waals surface area contributed by atoms with Crippen molar-refractivity contribution in [3.63, 3.8) is 0 Å². The summed E-state index contributed by atoms with van der Waals surface area (Å²) in [7, 11) is 0. The number of benzene rings is 1. The molecule has 0 aliphatic rings. The van der Waals surface area contributed by atoms with E-state index >= 15 is 0 Å². The van der Waals surface area contributed by atoms with E-state index in [1.165, 1.54) is 18.3 Å². The van der Waals surface area contributed by atoms with Crippen LogP contribution in [0.3, 0.4) is 0 Å². The van der Waals surface area contributed by atoms with E-state index < -0.39 is 9.85 Å². The highest BCUT2D eigenvalue weighted by Gasteiger charge is 2.19. The van der Waals surface area contributed by atoms with Crippen LogP contribution < -0.4 is 0 Å². The molecule has 0 spiro atoms. The number of H-pyrrole nitrogens is 1. The molecule has 0 radical (unpaired) electrons. The minimum Gasteiger partial charge on any atom is -0.361 e. The summed E-state index contributed by atoms with van der Waals surface area (Å²) in [6, 6.07) is 3.73. The molecule has 0 unspecified atom stereocenters. The third-order valence-electron chi connectivity index (χ3n) is 2.04. The van der Waals surface area contributed by atoms with Crippen LogP contribution in [-0.2, 0) is 0 Å². The van der Waals surface area contributed by atoms with Gasteiger partial charge in [-0.05, 0) is 6.07 Å². The number of hydrogen-bond acceptors (Lipinski definition) is 4. The van der Waals surface area contributed by atoms with Crippen LogP contribution in [-0.4, -0.2) is 14.8 Å². The number of aromatic amines is 1. The Balaban J connectivity index is 2.80. The van der Waals surface area contributed by atoms with E-state index in [9.17, 15) is 20.2 Å². The van der Waals surface area contributed by atoms with Crippen LogP contribution in [0, 0.1) is 20.2 Å². The van der Waals surface area contributed by atoms with Crippen LogP contribution in [0.2, 0.25) is 0 Å². The van der Waals surface area contributed by atoms with Gasteiger partial charge in [-0.1, -0.05) is 0 Å². The third kappa shape index (κ3) is 1.39. The van der Waals surface area contributed by atoms with Crippen LogP contribution >= 0.6 is 0 Å². The van der Waals surface area contributed by atoms with E-state index in [1.807, 2.05) is 0 Å². The number of rotatable bonds is 2. The number of nitrogens with zero attached hydrogens (tertiary/aromatic N) is 2. The van der Waals surface area contributed by atoms with Gasteiger partial charge in [0.05, 0.1) is 26.8 Å². The molecule has 0 fully saturated rings. The van der Waals surface area contributed by atoms with E-state index in [0.29, 0.717) is 10.9 Å². The summed E-state index contributed by atoms with van der Waals surface area (Å²) in [6.45, 7) is 0. The first-order valence-corrected chi connectivity index (χ1v) is 3.99. The summed E-state index contributed by atoms with van der Waals surface area (Å²) in [4.78, 5) is 22.6. The zero-order valence-corrected chi connectivity index (χ0v) is 7.34. The predicted octanol–water partition coefficient (Wildman–Crippen LogP) is 1.98. The first-order valence-electron chi connectivity index (χ1n) is 3.99. The van der Waals surface area contributed by atoms with Crippen LogP contribution in [0.15, 0.2) is 24.4 Å². The lowest BCUT2D eigenvalue weighted by Gasteiger charge is -1.95. The predicted molar refractivity (Wildman–Crippen MR) is 51.6 cm³/mol. The van der Waals surface area contributed by atoms with Gasteiger partial charge in [0, 0.05) is 12.3 Å². The molecule has 0 saturated carbocycles. The fourth-order valence-corrected chi connectivity index (χ4v) is 1.39. The Morgan fingerprint density at radius 3 is 2.47 bits per heavy atom. The Labute approximate surface area is 82.6 Å². The second kappa shape index (κ2) is 3.05. The fraction of sp³-hybridized carbons (Fsp3) is 0. The second-order valence-electron chi connectivity index (χ2n) is 2.92. The molecule has 15 heavy (non-hydrogen) atoms. The minimum atomic E-state index is -0.659. The van der Waals surface area contributed by atoms with E-state index in [0.717, 1.165) is 6.07 Å². The topological polar surface area (TPSA) is 102 Å². The Kier molecular flexibility index (Phi) is 1.86. The van der Waals surface area contributed by atoms with Crippen LogP contribution in [0.1, 0.15) is 0 Å². The maximum absolute atomic E-state index is 10.7. The maximum Gasteiger partial charge on any atom is 0.285 e. The maximum atomic E-state index is 10.7. The Morgan fingerprint density at radius 1 is 1.13 bits per heavy atom. The quantitative estimate of drug-likeness (QED) is 0.600. The van der Waals surface area contributed by atoms with Crippen molar-refractivity contribution < 1.29 is 9.85 Å². The van der Waals surface area contributed by atoms with Crippen molar-refractivity contribution in [2.75, 3.05) is 0 Å². The standard InChI is InChI=1S/C8H5N3O4/c12-10(13)5-3-7-6(1-2-9-7)8(4-5)11(14)15/h1-4,9H. The summed E-state index contributed by atoms with van der Waals surface area (Å²) in [5, 5.41) is 21.5. The molecular weight excluding hydrogens is 202 g/mol. The molecular formula is C8H5N3O4. The molecule has 0 aliphatic carbocycles. The summed E-state index contributed by atoms with van der Waals surface area (Å²) in [5.74, 6) is 0. The highest BCUT2D eigenvalue weighted by molar-refractivity contribution is 5.90. The van der Waals surface area contributed by atoms with E-state index in [1.54, 1.807) is 0 Å². The van der Waals surface area contributed by atoms with E-state index in [-0.39, 0.29) is 11.4 Å². The number of nitro benzene ring substituents is 2. The number of fused-ring (bicyclic) bond motifs is 1. The smallest absolute Gasteiger partial charge is 0.285 e. The SMILES string of the molecule is O=[N+]([O-])c1cc([N+](=O)[O-])c2cc[nH]c2c1. The van der Waals surface area contributed by atoms with Gasteiger partial charge in [-0.3, -0.25) is 20.2 Å². The molecule has 0 aliphatic heterocycles. The molecule has 2 aromatic rings. The van der Waals surface area contributed by atoms with Gasteiger partial charge in [-0.2, -0.15) is 0 Å². The highest BCUT2D eigenvalue weighted by atomic mass is 16.6. The largest absolute Gasteiger partial charge is 0.361 e. The Hall–Kier alpha value is -2.44. The molecule has 0 atom stereocenters. The molecule has 7 nitrogen and oxygen atoms in total. The second-order valence-corrected chi connectivity index (χ2v) is 2.92. The zero-order chi connectivity index (χ0) is 11.0. The van der Waals surface area contributed by atoms with Crippen molar-refractivity contribution in [1.29, 1.82) is 0 Å². The summed E-state index contributed by atoms with van der Waals surface area (Å²) in [5.41, 5.74) is -0.173. The number of hydrogen-bond donors (Lipinski definition) is 1. The fourth-order valence-electron chi connectivity index (χ4n) is 1.39. The Morgan fingerprint density at radius 2 is 1.87 bits per heavy atom. The monoisotopic (exact) mass is 207 g/mol. The van der Waals surface area contributed by atoms with Crippen molar-refractivity contribution in [3.05, 3.63) is 44.6 Å². The van der Waals surface area contributed by atoms with Crippen LogP contribution in [0.4, 0.5) is 11.4 Å². The summed E-state index contributed by atoms with van der Waals surface area (Å²) >= 11 is 0. The molecule has 7 heteroatoms. The van der Waals surface area contributed by atoms with E-state index in [4.69, 9.17) is 0 Å². The van der Waals surface area contributed by atoms with Gasteiger partial charge in [0.25, 0.3) is 11.4 Å². The normalized spacial score (nSPS) is 10.4. The van der Waals surface area contributed by atoms with Crippen molar-refractivity contribution in [2.24, 2.45) is 0 Å². The van der Waals surface area contributed by atoms with Gasteiger partial charge in [0.1, 0.15) is 0 Å². The molecule has 1 heterocycles. The lowest BCUT2D eigenvalue weighted by atomic mass is 10.2. The van der Waals surface area contributed by atoms with Gasteiger partial charge >= 0.3 is 0 Å². The van der Waals surface area contributed by atoms with Gasteiger partial charge in [-0.25, -0.2) is 0 Å². The van der Waals surface area contributed by atoms with Gasteiger partial charge in [0.2, 0.25) is 0 Å². The van der Waals surface area contributed by atoms with Crippen LogP contribution in [0.5, 0.6) is 0 Å². The van der Waals surface area contributed by atoms with Crippen molar-refractivity contribution >= 4 is 22.3 Å². The average molecular weight is 207 g/mol. The number of aromatic nitrogens is 1. The highest BCUT2D eigenvalue weighted by Crippen LogP contribution is 2.29. The number of non-ortho nitro benzene ring substituents is 2. The number of nitro groups is 2. The molecule has 1 aromatic carbocycles. The zero-order valence-electron chi connectivity index (χ0n) is 7.34. The van der Waals surface area contributed by atoms with Crippen molar-refractivity contribution in [3.8, 4) is 0 Å². The molecule has 1 N–H and O–H groups in total. The van der Waals surface area contributed by atoms with Crippen LogP contribution in [0.25, 0.3) is 10.9 Å². The third-order valence-corrected chi connectivity index (χ3v) is 2.04. The van der Waals surface area contributed by atoms with Gasteiger partial charge in [0.15, 0.2) is 0 Å². The van der Waals surface area contributed by atoms with Crippen molar-refractivity contribution in [2.45, 2.75) is 0 Å².